The van der Waals surface area contributed by atoms with Gasteiger partial charge in [0.05, 0.1) is 0 Å². The maximum absolute atomic E-state index is 6.21. The van der Waals surface area contributed by atoms with E-state index in [4.69, 9.17) is 5.73 Å². The van der Waals surface area contributed by atoms with E-state index >= 15 is 0 Å². The van der Waals surface area contributed by atoms with E-state index < -0.39 is 0 Å². The predicted octanol–water partition coefficient (Wildman–Crippen LogP) is 3.24. The summed E-state index contributed by atoms with van der Waals surface area (Å²) in [5.41, 5.74) is 8.03. The lowest BCUT2D eigenvalue weighted by Gasteiger charge is -2.41. The number of nitrogens with zero attached hydrogens (tertiary/aromatic N) is 2. The second-order valence-corrected chi connectivity index (χ2v) is 7.44. The maximum atomic E-state index is 6.21. The summed E-state index contributed by atoms with van der Waals surface area (Å²) in [4.78, 5) is 6.93. The summed E-state index contributed by atoms with van der Waals surface area (Å²) < 4.78 is 0. The highest BCUT2D eigenvalue weighted by molar-refractivity contribution is 5.04. The van der Waals surface area contributed by atoms with Crippen molar-refractivity contribution in [2.75, 3.05) is 20.1 Å². The van der Waals surface area contributed by atoms with Gasteiger partial charge in [0, 0.05) is 36.9 Å². The molecule has 3 nitrogen and oxygen atoms in total. The second kappa shape index (κ2) is 6.89. The molecular weight excluding hydrogens is 258 g/mol. The number of nitrogens with two attached hydrogens (primary N) is 1. The van der Waals surface area contributed by atoms with Gasteiger partial charge in [-0.25, -0.2) is 0 Å². The molecule has 0 spiro atoms. The highest BCUT2D eigenvalue weighted by Crippen LogP contribution is 2.39. The van der Waals surface area contributed by atoms with Gasteiger partial charge in [0.25, 0.3) is 0 Å². The molecule has 1 aromatic rings. The largest absolute Gasteiger partial charge is 0.329 e. The lowest BCUT2D eigenvalue weighted by atomic mass is 9.83. The average Bonchev–Trinajstić information content (AvgIpc) is 2.65. The number of pyridine rings is 1. The predicted molar refractivity (Wildman–Crippen MR) is 89.2 cm³/mol. The third kappa shape index (κ3) is 4.27. The molecule has 118 valence electrons. The van der Waals surface area contributed by atoms with Crippen LogP contribution >= 0.6 is 0 Å². The zero-order valence-electron chi connectivity index (χ0n) is 13.9. The molecule has 3 heteroatoms. The smallest absolute Gasteiger partial charge is 0.0416 e. The van der Waals surface area contributed by atoms with Gasteiger partial charge in [-0.05, 0) is 50.3 Å². The molecule has 0 radical (unpaired) electrons. The van der Waals surface area contributed by atoms with Crippen molar-refractivity contribution in [3.8, 4) is 0 Å². The van der Waals surface area contributed by atoms with Crippen LogP contribution in [0.4, 0.5) is 0 Å². The number of aromatic nitrogens is 1. The molecular formula is C18H31N3. The van der Waals surface area contributed by atoms with Crippen molar-refractivity contribution in [3.63, 3.8) is 0 Å². The molecule has 2 N–H and O–H groups in total. The third-order valence-corrected chi connectivity index (χ3v) is 5.38. The standard InChI is InChI=1S/C18H31N3/c1-17(2)9-6-10-18(15-19,12-11-17)21(3)14-8-16-7-4-5-13-20-16/h4-5,7,13H,6,8-12,14-15,19H2,1-3H3. The Bertz CT molecular complexity index is 429. The van der Waals surface area contributed by atoms with E-state index in [2.05, 4.69) is 42.9 Å². The molecule has 1 fully saturated rings. The lowest BCUT2D eigenvalue weighted by Crippen LogP contribution is -2.52. The highest BCUT2D eigenvalue weighted by Gasteiger charge is 2.37. The molecule has 1 heterocycles. The summed E-state index contributed by atoms with van der Waals surface area (Å²) >= 11 is 0. The highest BCUT2D eigenvalue weighted by atomic mass is 15.2. The van der Waals surface area contributed by atoms with Gasteiger partial charge in [-0.3, -0.25) is 9.88 Å². The van der Waals surface area contributed by atoms with Crippen molar-refractivity contribution in [2.45, 2.75) is 57.9 Å². The van der Waals surface area contributed by atoms with E-state index in [1.807, 2.05) is 12.3 Å². The molecule has 21 heavy (non-hydrogen) atoms. The summed E-state index contributed by atoms with van der Waals surface area (Å²) in [6.45, 7) is 6.59. The minimum absolute atomic E-state index is 0.183. The molecule has 1 saturated carbocycles. The quantitative estimate of drug-likeness (QED) is 0.846. The van der Waals surface area contributed by atoms with Crippen molar-refractivity contribution >= 4 is 0 Å². The van der Waals surface area contributed by atoms with Crippen LogP contribution in [0, 0.1) is 5.41 Å². The topological polar surface area (TPSA) is 42.2 Å². The zero-order valence-corrected chi connectivity index (χ0v) is 13.9. The monoisotopic (exact) mass is 289 g/mol. The van der Waals surface area contributed by atoms with Crippen molar-refractivity contribution in [1.82, 2.24) is 9.88 Å². The summed E-state index contributed by atoms with van der Waals surface area (Å²) in [5.74, 6) is 0. The fourth-order valence-electron chi connectivity index (χ4n) is 3.52. The first kappa shape index (κ1) is 16.4. The summed E-state index contributed by atoms with van der Waals surface area (Å²) in [6, 6.07) is 6.15. The second-order valence-electron chi connectivity index (χ2n) is 7.44. The van der Waals surface area contributed by atoms with E-state index in [0.29, 0.717) is 5.41 Å². The number of likely N-dealkylation sites (N-methyl/N-ethyl adjacent to an activating group) is 1. The zero-order chi connectivity index (χ0) is 15.3. The van der Waals surface area contributed by atoms with E-state index in [-0.39, 0.29) is 5.54 Å². The Morgan fingerprint density at radius 3 is 2.67 bits per heavy atom. The van der Waals surface area contributed by atoms with Crippen LogP contribution in [-0.2, 0) is 6.42 Å². The Hall–Kier alpha value is -0.930. The van der Waals surface area contributed by atoms with Crippen LogP contribution in [0.2, 0.25) is 0 Å². The van der Waals surface area contributed by atoms with Crippen LogP contribution in [0.15, 0.2) is 24.4 Å². The molecule has 1 aliphatic carbocycles. The van der Waals surface area contributed by atoms with Crippen LogP contribution in [0.1, 0.15) is 51.6 Å². The first-order valence-corrected chi connectivity index (χ1v) is 8.29. The van der Waals surface area contributed by atoms with E-state index in [1.54, 1.807) is 0 Å². The Kier molecular flexibility index (Phi) is 5.39. The molecule has 0 aromatic carbocycles. The lowest BCUT2D eigenvalue weighted by molar-refractivity contribution is 0.104. The molecule has 1 atom stereocenters. The van der Waals surface area contributed by atoms with Crippen LogP contribution in [-0.4, -0.2) is 35.6 Å². The summed E-state index contributed by atoms with van der Waals surface area (Å²) in [5, 5.41) is 0. The van der Waals surface area contributed by atoms with Gasteiger partial charge in [0.15, 0.2) is 0 Å². The molecule has 0 aliphatic heterocycles. The Morgan fingerprint density at radius 2 is 2.00 bits per heavy atom. The van der Waals surface area contributed by atoms with Gasteiger partial charge < -0.3 is 5.73 Å². The Morgan fingerprint density at radius 1 is 1.19 bits per heavy atom. The average molecular weight is 289 g/mol. The fourth-order valence-corrected chi connectivity index (χ4v) is 3.52. The number of hydrogen-bond donors (Lipinski definition) is 1. The van der Waals surface area contributed by atoms with Crippen molar-refractivity contribution < 1.29 is 0 Å². The van der Waals surface area contributed by atoms with Crippen LogP contribution in [0.25, 0.3) is 0 Å². The minimum Gasteiger partial charge on any atom is -0.329 e. The van der Waals surface area contributed by atoms with Gasteiger partial charge >= 0.3 is 0 Å². The first-order chi connectivity index (χ1) is 9.97. The maximum Gasteiger partial charge on any atom is 0.0416 e. The SMILES string of the molecule is CN(CCc1ccccn1)C1(CN)CCCC(C)(C)CC1. The minimum atomic E-state index is 0.183. The molecule has 1 aromatic heterocycles. The van der Waals surface area contributed by atoms with Gasteiger partial charge in [-0.1, -0.05) is 26.3 Å². The third-order valence-electron chi connectivity index (χ3n) is 5.38. The van der Waals surface area contributed by atoms with Gasteiger partial charge in [-0.2, -0.15) is 0 Å². The van der Waals surface area contributed by atoms with Gasteiger partial charge in [-0.15, -0.1) is 0 Å². The fraction of sp³-hybridized carbons (Fsp3) is 0.722. The number of rotatable bonds is 5. The molecule has 0 amide bonds. The van der Waals surface area contributed by atoms with E-state index in [9.17, 15) is 0 Å². The van der Waals surface area contributed by atoms with Gasteiger partial charge in [0.1, 0.15) is 0 Å². The molecule has 0 bridgehead atoms. The van der Waals surface area contributed by atoms with Crippen molar-refractivity contribution in [2.24, 2.45) is 11.1 Å². The Balaban J connectivity index is 1.99. The van der Waals surface area contributed by atoms with Gasteiger partial charge in [0.2, 0.25) is 0 Å². The Labute approximate surface area is 129 Å². The normalized spacial score (nSPS) is 25.8. The van der Waals surface area contributed by atoms with E-state index in [1.165, 1.54) is 37.8 Å². The number of hydrogen-bond acceptors (Lipinski definition) is 3. The van der Waals surface area contributed by atoms with Crippen LogP contribution in [0.5, 0.6) is 0 Å². The summed E-state index contributed by atoms with van der Waals surface area (Å²) in [7, 11) is 2.24. The first-order valence-electron chi connectivity index (χ1n) is 8.29. The van der Waals surface area contributed by atoms with Crippen molar-refractivity contribution in [3.05, 3.63) is 30.1 Å². The molecule has 1 unspecified atom stereocenters. The summed E-state index contributed by atoms with van der Waals surface area (Å²) in [6.07, 6.45) is 9.21. The molecule has 0 saturated heterocycles. The van der Waals surface area contributed by atoms with Crippen LogP contribution in [0.3, 0.4) is 0 Å². The molecule has 1 aliphatic rings. The van der Waals surface area contributed by atoms with Crippen molar-refractivity contribution in [1.29, 1.82) is 0 Å². The van der Waals surface area contributed by atoms with E-state index in [0.717, 1.165) is 19.5 Å². The molecule has 2 rings (SSSR count). The van der Waals surface area contributed by atoms with Crippen LogP contribution < -0.4 is 5.73 Å².